The summed E-state index contributed by atoms with van der Waals surface area (Å²) in [7, 11) is 0. The van der Waals surface area contributed by atoms with Crippen LogP contribution in [0.5, 0.6) is 5.75 Å². The molecular weight excluding hydrogens is 635 g/mol. The molecule has 258 valence electrons. The van der Waals surface area contributed by atoms with Crippen molar-refractivity contribution in [3.05, 3.63) is 90.1 Å². The van der Waals surface area contributed by atoms with E-state index in [0.29, 0.717) is 37.1 Å². The molecule has 2 aliphatic rings. The summed E-state index contributed by atoms with van der Waals surface area (Å²) >= 11 is -1.22. The lowest BCUT2D eigenvalue weighted by molar-refractivity contribution is -0.112. The van der Waals surface area contributed by atoms with Crippen molar-refractivity contribution in [1.29, 1.82) is 0 Å². The zero-order chi connectivity index (χ0) is 34.0. The van der Waals surface area contributed by atoms with E-state index in [4.69, 9.17) is 14.5 Å². The lowest BCUT2D eigenvalue weighted by Crippen LogP contribution is -2.32. The zero-order valence-corrected chi connectivity index (χ0v) is 29.4. The molecule has 1 unspecified atom stereocenters. The van der Waals surface area contributed by atoms with Crippen LogP contribution in [0, 0.1) is 0 Å². The number of aromatic nitrogens is 3. The number of unbranched alkanes of at least 4 members (excludes halogenated alkanes) is 1. The van der Waals surface area contributed by atoms with Crippen LogP contribution in [0.15, 0.2) is 83.8 Å². The summed E-state index contributed by atoms with van der Waals surface area (Å²) in [6, 6.07) is 17.9. The number of pyridine rings is 1. The third-order valence-corrected chi connectivity index (χ3v) is 10.5. The average Bonchev–Trinajstić information content (AvgIpc) is 3.77. The summed E-state index contributed by atoms with van der Waals surface area (Å²) < 4.78 is 26.6. The monoisotopic (exact) mass is 681 g/mol. The van der Waals surface area contributed by atoms with E-state index >= 15 is 0 Å². The van der Waals surface area contributed by atoms with Gasteiger partial charge in [0.15, 0.2) is 10.6 Å². The van der Waals surface area contributed by atoms with Gasteiger partial charge in [-0.25, -0.2) is 9.97 Å². The number of rotatable bonds is 15. The number of aryl methyl sites for hydroxylation is 1. The van der Waals surface area contributed by atoms with Crippen LogP contribution in [0.4, 0.5) is 11.5 Å². The van der Waals surface area contributed by atoms with Gasteiger partial charge in [-0.05, 0) is 104 Å². The lowest BCUT2D eigenvalue weighted by Gasteiger charge is -2.29. The summed E-state index contributed by atoms with van der Waals surface area (Å²) in [5.74, 6) is 2.02. The Balaban J connectivity index is 1.15. The quantitative estimate of drug-likeness (QED) is 0.102. The van der Waals surface area contributed by atoms with E-state index in [-0.39, 0.29) is 5.91 Å². The Kier molecular flexibility index (Phi) is 12.1. The highest BCUT2D eigenvalue weighted by molar-refractivity contribution is 7.90. The predicted octanol–water partition coefficient (Wildman–Crippen LogP) is 7.64. The summed E-state index contributed by atoms with van der Waals surface area (Å²) in [6.45, 7) is 7.96. The molecule has 4 aromatic rings. The molecule has 2 aromatic heterocycles. The topological polar surface area (TPSA) is 105 Å². The van der Waals surface area contributed by atoms with E-state index in [9.17, 15) is 9.35 Å². The van der Waals surface area contributed by atoms with Crippen molar-refractivity contribution in [2.24, 2.45) is 0 Å². The van der Waals surface area contributed by atoms with Gasteiger partial charge in [0.05, 0.1) is 24.8 Å². The second-order valence-corrected chi connectivity index (χ2v) is 14.2. The molecule has 0 bridgehead atoms. The van der Waals surface area contributed by atoms with Gasteiger partial charge >= 0.3 is 0 Å². The van der Waals surface area contributed by atoms with Crippen molar-refractivity contribution in [2.45, 2.75) is 82.0 Å². The Bertz CT molecular complexity index is 1710. The molecule has 0 spiro atoms. The Morgan fingerprint density at radius 3 is 2.63 bits per heavy atom. The summed E-state index contributed by atoms with van der Waals surface area (Å²) in [6.07, 6.45) is 14.5. The fourth-order valence-electron chi connectivity index (χ4n) is 6.49. The van der Waals surface area contributed by atoms with Crippen LogP contribution in [0.25, 0.3) is 17.2 Å². The molecule has 1 fully saturated rings. The lowest BCUT2D eigenvalue weighted by atomic mass is 9.96. The Morgan fingerprint density at radius 2 is 1.84 bits per heavy atom. The molecule has 2 aliphatic heterocycles. The van der Waals surface area contributed by atoms with Gasteiger partial charge in [-0.2, -0.15) is 0 Å². The maximum absolute atomic E-state index is 13.7. The van der Waals surface area contributed by atoms with Crippen LogP contribution in [-0.2, 0) is 33.0 Å². The van der Waals surface area contributed by atoms with E-state index in [1.165, 1.54) is 0 Å². The Labute approximate surface area is 292 Å². The van der Waals surface area contributed by atoms with Crippen molar-refractivity contribution in [3.8, 4) is 16.9 Å². The number of fused-ring (bicyclic) bond motifs is 3. The maximum atomic E-state index is 13.7. The molecule has 0 radical (unpaired) electrons. The maximum Gasteiger partial charge on any atom is 0.251 e. The molecule has 1 N–H and O–H groups in total. The minimum absolute atomic E-state index is 0.125. The third-order valence-electron chi connectivity index (χ3n) is 9.16. The fourth-order valence-corrected chi connectivity index (χ4v) is 7.61. The van der Waals surface area contributed by atoms with Gasteiger partial charge in [0, 0.05) is 54.3 Å². The molecule has 10 heteroatoms. The molecular formula is C39H47N5O4S. The number of nitrogens with zero attached hydrogens (tertiary/aromatic N) is 4. The van der Waals surface area contributed by atoms with Gasteiger partial charge in [0.1, 0.15) is 18.2 Å². The van der Waals surface area contributed by atoms with Gasteiger partial charge in [-0.15, -0.1) is 0 Å². The van der Waals surface area contributed by atoms with Gasteiger partial charge in [0.2, 0.25) is 0 Å². The van der Waals surface area contributed by atoms with Crippen LogP contribution >= 0.6 is 0 Å². The number of nitrogens with one attached hydrogen (secondary N) is 1. The van der Waals surface area contributed by atoms with Crippen LogP contribution in [-0.4, -0.2) is 57.4 Å². The third kappa shape index (κ3) is 8.92. The van der Waals surface area contributed by atoms with Crippen LogP contribution in [0.3, 0.4) is 0 Å². The molecule has 1 amide bonds. The second-order valence-electron chi connectivity index (χ2n) is 12.7. The van der Waals surface area contributed by atoms with Crippen LogP contribution < -0.4 is 15.0 Å². The molecule has 4 heterocycles. The molecule has 9 nitrogen and oxygen atoms in total. The molecule has 1 saturated heterocycles. The van der Waals surface area contributed by atoms with Crippen LogP contribution in [0.2, 0.25) is 0 Å². The van der Waals surface area contributed by atoms with Gasteiger partial charge in [-0.1, -0.05) is 32.4 Å². The number of carbonyl (C=O) groups is 1. The molecule has 2 aromatic carbocycles. The number of hydrogen-bond acceptors (Lipinski definition) is 7. The van der Waals surface area contributed by atoms with Gasteiger partial charge in [0.25, 0.3) is 5.91 Å². The first kappa shape index (κ1) is 34.7. The van der Waals surface area contributed by atoms with E-state index < -0.39 is 11.2 Å². The standard InChI is InChI=1S/C39H47N5O4S/c1-3-5-20-47-21-22-48-36-14-9-29(10-15-36)32-24-31-23-30(8-13-34-7-6-19-44(34)38(31)41-25-32)39(45)42-33-11-16-37(17-12-33)49(46)27-35-26-40-28-43(35)18-4-2/h9-12,14-17,23-26,28,34H,3-8,13,18-22,27H2,1-2H3,(H,42,45)/t34?,49-/m0/s1. The molecule has 49 heavy (non-hydrogen) atoms. The largest absolute Gasteiger partial charge is 0.611 e. The fraction of sp³-hybridized carbons (Fsp3) is 0.410. The first-order chi connectivity index (χ1) is 24.0. The van der Waals surface area contributed by atoms with E-state index in [1.54, 1.807) is 12.5 Å². The number of hydrogen-bond donors (Lipinski definition) is 1. The SMILES string of the molecule is CCCCOCCOc1ccc(-c2cnc3c(c2)C=C(C(=O)Nc2ccc([S@@+]([O-])Cc4cncn4CCC)cc2)CCC2CCCN32)cc1. The van der Waals surface area contributed by atoms with Crippen molar-refractivity contribution >= 4 is 34.7 Å². The van der Waals surface area contributed by atoms with Crippen molar-refractivity contribution in [1.82, 2.24) is 14.5 Å². The average molecular weight is 682 g/mol. The number of anilines is 2. The molecule has 0 aliphatic carbocycles. The number of amides is 1. The number of benzene rings is 2. The predicted molar refractivity (Wildman–Crippen MR) is 196 cm³/mol. The minimum atomic E-state index is -1.22. The summed E-state index contributed by atoms with van der Waals surface area (Å²) in [5.41, 5.74) is 5.34. The smallest absolute Gasteiger partial charge is 0.251 e. The highest BCUT2D eigenvalue weighted by Gasteiger charge is 2.30. The second kappa shape index (κ2) is 17.0. The van der Waals surface area contributed by atoms with Gasteiger partial charge in [-0.3, -0.25) is 4.79 Å². The normalized spacial score (nSPS) is 16.3. The first-order valence-electron chi connectivity index (χ1n) is 17.6. The molecule has 0 saturated carbocycles. The molecule has 6 rings (SSSR count). The van der Waals surface area contributed by atoms with Crippen molar-refractivity contribution in [2.75, 3.05) is 36.6 Å². The van der Waals surface area contributed by atoms with Crippen molar-refractivity contribution in [3.63, 3.8) is 0 Å². The summed E-state index contributed by atoms with van der Waals surface area (Å²) in [5, 5.41) is 3.09. The van der Waals surface area contributed by atoms with Gasteiger partial charge < -0.3 is 28.8 Å². The Morgan fingerprint density at radius 1 is 1.00 bits per heavy atom. The molecule has 2 atom stereocenters. The highest BCUT2D eigenvalue weighted by Crippen LogP contribution is 2.36. The zero-order valence-electron chi connectivity index (χ0n) is 28.6. The number of carbonyl (C=O) groups excluding carboxylic acids is 1. The Hall–Kier alpha value is -4.12. The van der Waals surface area contributed by atoms with Crippen molar-refractivity contribution < 1.29 is 18.8 Å². The first-order valence-corrected chi connectivity index (χ1v) is 18.9. The highest BCUT2D eigenvalue weighted by atomic mass is 32.2. The number of imidazole rings is 1. The van der Waals surface area contributed by atoms with E-state index in [2.05, 4.69) is 39.7 Å². The number of ether oxygens (including phenoxy) is 2. The minimum Gasteiger partial charge on any atom is -0.611 e. The summed E-state index contributed by atoms with van der Waals surface area (Å²) in [4.78, 5) is 26.0. The van der Waals surface area contributed by atoms with E-state index in [1.807, 2.05) is 60.8 Å². The van der Waals surface area contributed by atoms with E-state index in [0.717, 1.165) is 103 Å². The van der Waals surface area contributed by atoms with Crippen LogP contribution in [0.1, 0.15) is 70.1 Å².